The lowest BCUT2D eigenvalue weighted by Crippen LogP contribution is -2.46. The van der Waals surface area contributed by atoms with E-state index in [0.29, 0.717) is 18.2 Å². The SMILES string of the molecule is CN=C(NCc1ccnc(Oc2ccc(F)cc2)c1)N1CCC(C(=O)OC)CC1.I. The second-order valence-electron chi connectivity index (χ2n) is 6.74. The van der Waals surface area contributed by atoms with Gasteiger partial charge in [-0.2, -0.15) is 0 Å². The summed E-state index contributed by atoms with van der Waals surface area (Å²) < 4.78 is 23.5. The van der Waals surface area contributed by atoms with Crippen molar-refractivity contribution in [2.45, 2.75) is 19.4 Å². The van der Waals surface area contributed by atoms with Crippen molar-refractivity contribution in [2.24, 2.45) is 10.9 Å². The van der Waals surface area contributed by atoms with E-state index in [1.54, 1.807) is 25.4 Å². The third kappa shape index (κ3) is 6.54. The summed E-state index contributed by atoms with van der Waals surface area (Å²) in [5.74, 6) is 1.24. The number of carbonyl (C=O) groups excluding carboxylic acids is 1. The number of hydrogen-bond donors (Lipinski definition) is 1. The molecule has 9 heteroatoms. The first-order valence-corrected chi connectivity index (χ1v) is 9.51. The van der Waals surface area contributed by atoms with E-state index in [1.807, 2.05) is 12.1 Å². The number of guanidine groups is 1. The van der Waals surface area contributed by atoms with Crippen molar-refractivity contribution in [3.8, 4) is 11.6 Å². The minimum atomic E-state index is -0.315. The minimum absolute atomic E-state index is 0. The maximum atomic E-state index is 13.0. The maximum Gasteiger partial charge on any atom is 0.308 e. The van der Waals surface area contributed by atoms with Crippen molar-refractivity contribution in [3.05, 3.63) is 54.0 Å². The molecule has 0 unspecified atom stereocenters. The van der Waals surface area contributed by atoms with Gasteiger partial charge in [0.2, 0.25) is 5.88 Å². The Morgan fingerprint density at radius 2 is 1.97 bits per heavy atom. The van der Waals surface area contributed by atoms with Crippen LogP contribution in [0.1, 0.15) is 18.4 Å². The second kappa shape index (κ2) is 11.7. The highest BCUT2D eigenvalue weighted by atomic mass is 127. The van der Waals surface area contributed by atoms with Gasteiger partial charge in [-0.25, -0.2) is 9.37 Å². The molecule has 0 spiro atoms. The molecule has 1 aliphatic heterocycles. The highest BCUT2D eigenvalue weighted by Gasteiger charge is 2.26. The molecule has 30 heavy (non-hydrogen) atoms. The molecular formula is C21H26FIN4O3. The van der Waals surface area contributed by atoms with E-state index in [0.717, 1.165) is 37.5 Å². The molecule has 2 aromatic rings. The molecule has 2 heterocycles. The van der Waals surface area contributed by atoms with E-state index in [-0.39, 0.29) is 41.7 Å². The Kier molecular flexibility index (Phi) is 9.28. The summed E-state index contributed by atoms with van der Waals surface area (Å²) in [5, 5.41) is 3.34. The lowest BCUT2D eigenvalue weighted by atomic mass is 9.97. The number of halogens is 2. The van der Waals surface area contributed by atoms with Crippen LogP contribution < -0.4 is 10.1 Å². The monoisotopic (exact) mass is 528 g/mol. The van der Waals surface area contributed by atoms with E-state index in [9.17, 15) is 9.18 Å². The van der Waals surface area contributed by atoms with E-state index in [1.165, 1.54) is 19.2 Å². The van der Waals surface area contributed by atoms with Gasteiger partial charge in [0, 0.05) is 38.9 Å². The molecule has 1 aliphatic rings. The van der Waals surface area contributed by atoms with E-state index in [4.69, 9.17) is 9.47 Å². The van der Waals surface area contributed by atoms with E-state index in [2.05, 4.69) is 20.2 Å². The molecule has 1 fully saturated rings. The first kappa shape index (κ1) is 23.8. The highest BCUT2D eigenvalue weighted by molar-refractivity contribution is 14.0. The number of aliphatic imine (C=N–C) groups is 1. The van der Waals surface area contributed by atoms with Crippen LogP contribution in [0.25, 0.3) is 0 Å². The first-order valence-electron chi connectivity index (χ1n) is 9.51. The number of esters is 1. The molecule has 3 rings (SSSR count). The summed E-state index contributed by atoms with van der Waals surface area (Å²) in [6, 6.07) is 9.51. The van der Waals surface area contributed by atoms with Gasteiger partial charge in [-0.15, -0.1) is 24.0 Å². The molecule has 1 aromatic carbocycles. The third-order valence-electron chi connectivity index (χ3n) is 4.83. The van der Waals surface area contributed by atoms with Crippen molar-refractivity contribution in [1.29, 1.82) is 0 Å². The predicted molar refractivity (Wildman–Crippen MR) is 123 cm³/mol. The van der Waals surface area contributed by atoms with Crippen LogP contribution in [0.5, 0.6) is 11.6 Å². The van der Waals surface area contributed by atoms with Gasteiger partial charge in [0.15, 0.2) is 5.96 Å². The highest BCUT2D eigenvalue weighted by Crippen LogP contribution is 2.21. The average Bonchev–Trinajstić information content (AvgIpc) is 2.76. The molecule has 0 amide bonds. The lowest BCUT2D eigenvalue weighted by molar-refractivity contribution is -0.146. The van der Waals surface area contributed by atoms with Gasteiger partial charge in [-0.1, -0.05) is 0 Å². The summed E-state index contributed by atoms with van der Waals surface area (Å²) in [6.45, 7) is 2.04. The van der Waals surface area contributed by atoms with Crippen molar-refractivity contribution in [2.75, 3.05) is 27.2 Å². The fraction of sp³-hybridized carbons (Fsp3) is 0.381. The maximum absolute atomic E-state index is 13.0. The van der Waals surface area contributed by atoms with Crippen LogP contribution in [0.4, 0.5) is 4.39 Å². The zero-order chi connectivity index (χ0) is 20.6. The molecule has 162 valence electrons. The number of aromatic nitrogens is 1. The van der Waals surface area contributed by atoms with Crippen molar-refractivity contribution in [1.82, 2.24) is 15.2 Å². The molecule has 0 aliphatic carbocycles. The molecular weight excluding hydrogens is 502 g/mol. The molecule has 7 nitrogen and oxygen atoms in total. The van der Waals surface area contributed by atoms with Crippen molar-refractivity contribution >= 4 is 35.9 Å². The number of pyridine rings is 1. The molecule has 0 saturated carbocycles. The fourth-order valence-corrected chi connectivity index (χ4v) is 3.25. The molecule has 1 saturated heterocycles. The Bertz CT molecular complexity index is 856. The smallest absolute Gasteiger partial charge is 0.308 e. The number of carbonyl (C=O) groups is 1. The third-order valence-corrected chi connectivity index (χ3v) is 4.83. The molecule has 0 atom stereocenters. The number of nitrogens with one attached hydrogen (secondary N) is 1. The zero-order valence-electron chi connectivity index (χ0n) is 17.0. The van der Waals surface area contributed by atoms with Gasteiger partial charge < -0.3 is 19.7 Å². The van der Waals surface area contributed by atoms with Crippen LogP contribution in [0.15, 0.2) is 47.6 Å². The van der Waals surface area contributed by atoms with Crippen LogP contribution in [-0.2, 0) is 16.1 Å². The molecule has 0 radical (unpaired) electrons. The molecule has 1 aromatic heterocycles. The largest absolute Gasteiger partial charge is 0.469 e. The van der Waals surface area contributed by atoms with Crippen LogP contribution in [0.3, 0.4) is 0 Å². The summed E-state index contributed by atoms with van der Waals surface area (Å²) in [7, 11) is 3.17. The summed E-state index contributed by atoms with van der Waals surface area (Å²) in [5.41, 5.74) is 0.975. The Morgan fingerprint density at radius 3 is 2.60 bits per heavy atom. The Morgan fingerprint density at radius 1 is 1.27 bits per heavy atom. The number of hydrogen-bond acceptors (Lipinski definition) is 5. The van der Waals surface area contributed by atoms with Gasteiger partial charge in [0.25, 0.3) is 0 Å². The first-order chi connectivity index (χ1) is 14.1. The summed E-state index contributed by atoms with van der Waals surface area (Å²) in [6.07, 6.45) is 3.16. The van der Waals surface area contributed by atoms with Crippen LogP contribution >= 0.6 is 24.0 Å². The quantitative estimate of drug-likeness (QED) is 0.277. The lowest BCUT2D eigenvalue weighted by Gasteiger charge is -2.33. The van der Waals surface area contributed by atoms with Gasteiger partial charge in [-0.05, 0) is 48.7 Å². The Labute approximate surface area is 192 Å². The number of nitrogens with zero attached hydrogens (tertiary/aromatic N) is 3. The van der Waals surface area contributed by atoms with Crippen LogP contribution in [0.2, 0.25) is 0 Å². The van der Waals surface area contributed by atoms with Gasteiger partial charge in [0.1, 0.15) is 11.6 Å². The van der Waals surface area contributed by atoms with E-state index < -0.39 is 0 Å². The molecule has 1 N–H and O–H groups in total. The van der Waals surface area contributed by atoms with E-state index >= 15 is 0 Å². The number of ether oxygens (including phenoxy) is 2. The van der Waals surface area contributed by atoms with Gasteiger partial charge in [-0.3, -0.25) is 9.79 Å². The average molecular weight is 528 g/mol. The molecule has 0 bridgehead atoms. The van der Waals surface area contributed by atoms with Crippen LogP contribution in [0, 0.1) is 11.7 Å². The van der Waals surface area contributed by atoms with Crippen LogP contribution in [-0.4, -0.2) is 49.1 Å². The standard InChI is InChI=1S/C21H25FN4O3.HI/c1-23-21(26-11-8-16(9-12-26)20(27)28-2)25-14-15-7-10-24-19(13-15)29-18-5-3-17(22)4-6-18;/h3-7,10,13,16H,8-9,11-12,14H2,1-2H3,(H,23,25);1H. The second-order valence-corrected chi connectivity index (χ2v) is 6.74. The Balaban J connectivity index is 0.00000320. The fourth-order valence-electron chi connectivity index (χ4n) is 3.25. The number of benzene rings is 1. The topological polar surface area (TPSA) is 76.1 Å². The number of piperidine rings is 1. The van der Waals surface area contributed by atoms with Gasteiger partial charge in [0.05, 0.1) is 13.0 Å². The normalized spacial score (nSPS) is 14.6. The van der Waals surface area contributed by atoms with Crippen molar-refractivity contribution < 1.29 is 18.7 Å². The zero-order valence-corrected chi connectivity index (χ0v) is 19.3. The predicted octanol–water partition coefficient (Wildman–Crippen LogP) is 3.59. The van der Waals surface area contributed by atoms with Crippen molar-refractivity contribution in [3.63, 3.8) is 0 Å². The summed E-state index contributed by atoms with van der Waals surface area (Å²) >= 11 is 0. The Hall–Kier alpha value is -2.43. The minimum Gasteiger partial charge on any atom is -0.469 e. The number of likely N-dealkylation sites (tertiary alicyclic amines) is 1. The van der Waals surface area contributed by atoms with Gasteiger partial charge >= 0.3 is 5.97 Å². The number of rotatable bonds is 5. The summed E-state index contributed by atoms with van der Waals surface area (Å²) in [4.78, 5) is 22.4. The number of methoxy groups -OCH3 is 1.